The van der Waals surface area contributed by atoms with Gasteiger partial charge in [-0.2, -0.15) is 0 Å². The summed E-state index contributed by atoms with van der Waals surface area (Å²) >= 11 is 0. The van der Waals surface area contributed by atoms with Gasteiger partial charge in [0.2, 0.25) is 0 Å². The van der Waals surface area contributed by atoms with Crippen molar-refractivity contribution in [3.8, 4) is 11.5 Å². The van der Waals surface area contributed by atoms with Crippen molar-refractivity contribution in [2.45, 2.75) is 32.4 Å². The van der Waals surface area contributed by atoms with Crippen LogP contribution in [0.5, 0.6) is 11.5 Å². The Hall–Kier alpha value is -1.79. The van der Waals surface area contributed by atoms with E-state index >= 15 is 0 Å². The zero-order valence-corrected chi connectivity index (χ0v) is 14.0. The van der Waals surface area contributed by atoms with Crippen LogP contribution in [0.1, 0.15) is 25.1 Å². The van der Waals surface area contributed by atoms with Gasteiger partial charge in [0.05, 0.1) is 31.8 Å². The van der Waals surface area contributed by atoms with Crippen LogP contribution in [-0.2, 0) is 13.1 Å². The number of likely N-dealkylation sites (tertiary alicyclic amines) is 1. The maximum Gasteiger partial charge on any atom is 0.163 e. The average molecular weight is 318 g/mol. The predicted octanol–water partition coefficient (Wildman–Crippen LogP) is 2.00. The number of nitrogens with zero attached hydrogens (tertiary/aromatic N) is 3. The molecule has 0 aliphatic carbocycles. The van der Waals surface area contributed by atoms with Crippen LogP contribution < -0.4 is 15.2 Å². The lowest BCUT2D eigenvalue weighted by Gasteiger charge is -2.26. The quantitative estimate of drug-likeness (QED) is 0.882. The van der Waals surface area contributed by atoms with Crippen molar-refractivity contribution in [1.82, 2.24) is 14.5 Å². The Balaban J connectivity index is 1.90. The molecule has 0 amide bonds. The van der Waals surface area contributed by atoms with E-state index in [1.54, 1.807) is 14.2 Å². The van der Waals surface area contributed by atoms with Gasteiger partial charge in [0, 0.05) is 25.2 Å². The van der Waals surface area contributed by atoms with E-state index in [1.807, 2.05) is 12.1 Å². The number of piperidine rings is 1. The molecule has 0 unspecified atom stereocenters. The molecule has 2 aromatic rings. The minimum atomic E-state index is 0.430. The van der Waals surface area contributed by atoms with E-state index in [1.165, 1.54) is 32.4 Å². The van der Waals surface area contributed by atoms with Crippen LogP contribution in [0, 0.1) is 0 Å². The number of ether oxygens (including phenoxy) is 2. The Morgan fingerprint density at radius 3 is 2.39 bits per heavy atom. The number of hydrogen-bond acceptors (Lipinski definition) is 5. The summed E-state index contributed by atoms with van der Waals surface area (Å²) in [7, 11) is 3.29. The van der Waals surface area contributed by atoms with Gasteiger partial charge in [0.1, 0.15) is 5.82 Å². The molecule has 0 saturated carbocycles. The molecule has 126 valence electrons. The number of benzene rings is 1. The lowest BCUT2D eigenvalue weighted by molar-refractivity contribution is 0.221. The van der Waals surface area contributed by atoms with Crippen molar-refractivity contribution in [2.24, 2.45) is 5.73 Å². The van der Waals surface area contributed by atoms with E-state index in [2.05, 4.69) is 14.5 Å². The highest BCUT2D eigenvalue weighted by atomic mass is 16.5. The first-order valence-electron chi connectivity index (χ1n) is 8.30. The van der Waals surface area contributed by atoms with Crippen LogP contribution in [0.15, 0.2) is 12.1 Å². The van der Waals surface area contributed by atoms with Crippen LogP contribution in [0.25, 0.3) is 11.0 Å². The summed E-state index contributed by atoms with van der Waals surface area (Å²) in [5, 5.41) is 0. The predicted molar refractivity (Wildman–Crippen MR) is 91.0 cm³/mol. The summed E-state index contributed by atoms with van der Waals surface area (Å²) in [6.45, 7) is 4.76. The summed E-state index contributed by atoms with van der Waals surface area (Å²) in [5.74, 6) is 2.33. The third kappa shape index (κ3) is 3.28. The molecule has 1 aliphatic rings. The van der Waals surface area contributed by atoms with E-state index in [9.17, 15) is 0 Å². The molecule has 1 fully saturated rings. The summed E-state index contributed by atoms with van der Waals surface area (Å²) in [5.41, 5.74) is 7.86. The molecule has 2 N–H and O–H groups in total. The van der Waals surface area contributed by atoms with Crippen LogP contribution >= 0.6 is 0 Å². The van der Waals surface area contributed by atoms with Crippen molar-refractivity contribution >= 4 is 11.0 Å². The molecule has 1 aromatic heterocycles. The first-order chi connectivity index (χ1) is 11.3. The minimum Gasteiger partial charge on any atom is -0.493 e. The van der Waals surface area contributed by atoms with Gasteiger partial charge in [-0.1, -0.05) is 6.42 Å². The van der Waals surface area contributed by atoms with Gasteiger partial charge < -0.3 is 24.7 Å². The monoisotopic (exact) mass is 318 g/mol. The fraction of sp³-hybridized carbons (Fsp3) is 0.588. The Labute approximate surface area is 137 Å². The Morgan fingerprint density at radius 2 is 1.74 bits per heavy atom. The van der Waals surface area contributed by atoms with E-state index in [-0.39, 0.29) is 0 Å². The van der Waals surface area contributed by atoms with Gasteiger partial charge in [-0.3, -0.25) is 0 Å². The van der Waals surface area contributed by atoms with Gasteiger partial charge in [-0.25, -0.2) is 4.98 Å². The number of nitrogens with two attached hydrogens (primary N) is 1. The molecule has 6 nitrogen and oxygen atoms in total. The minimum absolute atomic E-state index is 0.430. The van der Waals surface area contributed by atoms with Crippen LogP contribution in [0.4, 0.5) is 0 Å². The Kier molecular flexibility index (Phi) is 5.03. The number of aromatic nitrogens is 2. The number of imidazole rings is 1. The van der Waals surface area contributed by atoms with Crippen molar-refractivity contribution in [3.63, 3.8) is 0 Å². The van der Waals surface area contributed by atoms with Gasteiger partial charge >= 0.3 is 0 Å². The van der Waals surface area contributed by atoms with E-state index in [4.69, 9.17) is 15.2 Å². The zero-order chi connectivity index (χ0) is 16.2. The molecule has 23 heavy (non-hydrogen) atoms. The molecule has 1 aromatic carbocycles. The third-order valence-corrected chi connectivity index (χ3v) is 4.60. The molecule has 0 atom stereocenters. The normalized spacial score (nSPS) is 16.0. The van der Waals surface area contributed by atoms with E-state index in [0.717, 1.165) is 35.7 Å². The number of hydrogen-bond donors (Lipinski definition) is 1. The first-order valence-corrected chi connectivity index (χ1v) is 8.30. The summed E-state index contributed by atoms with van der Waals surface area (Å²) in [6, 6.07) is 3.92. The molecular formula is C17H26N4O2. The SMILES string of the molecule is COc1cc2nc(CN)n(CCN3CCCCC3)c2cc1OC. The maximum absolute atomic E-state index is 5.90. The zero-order valence-electron chi connectivity index (χ0n) is 14.0. The van der Waals surface area contributed by atoms with Crippen molar-refractivity contribution in [1.29, 1.82) is 0 Å². The lowest BCUT2D eigenvalue weighted by Crippen LogP contribution is -2.32. The van der Waals surface area contributed by atoms with Gasteiger partial charge in [-0.05, 0) is 25.9 Å². The molecule has 0 bridgehead atoms. The molecule has 3 rings (SSSR count). The lowest BCUT2D eigenvalue weighted by atomic mass is 10.1. The third-order valence-electron chi connectivity index (χ3n) is 4.60. The smallest absolute Gasteiger partial charge is 0.163 e. The fourth-order valence-corrected chi connectivity index (χ4v) is 3.33. The highest BCUT2D eigenvalue weighted by Gasteiger charge is 2.16. The van der Waals surface area contributed by atoms with Gasteiger partial charge in [-0.15, -0.1) is 0 Å². The van der Waals surface area contributed by atoms with Crippen molar-refractivity contribution in [2.75, 3.05) is 33.9 Å². The molecule has 1 saturated heterocycles. The molecule has 1 aliphatic heterocycles. The highest BCUT2D eigenvalue weighted by molar-refractivity contribution is 5.80. The van der Waals surface area contributed by atoms with Crippen molar-refractivity contribution in [3.05, 3.63) is 18.0 Å². The van der Waals surface area contributed by atoms with Gasteiger partial charge in [0.25, 0.3) is 0 Å². The second-order valence-corrected chi connectivity index (χ2v) is 5.98. The van der Waals surface area contributed by atoms with E-state index in [0.29, 0.717) is 12.3 Å². The van der Waals surface area contributed by atoms with Crippen LogP contribution in [-0.4, -0.2) is 48.3 Å². The standard InChI is InChI=1S/C17H26N4O2/c1-22-15-10-13-14(11-16(15)23-2)21(17(12-18)19-13)9-8-20-6-4-3-5-7-20/h10-11H,3-9,12,18H2,1-2H3. The first kappa shape index (κ1) is 16.1. The second-order valence-electron chi connectivity index (χ2n) is 5.98. The summed E-state index contributed by atoms with van der Waals surface area (Å²) < 4.78 is 13.0. The topological polar surface area (TPSA) is 65.5 Å². The number of fused-ring (bicyclic) bond motifs is 1. The molecule has 2 heterocycles. The number of methoxy groups -OCH3 is 2. The maximum atomic E-state index is 5.90. The molecule has 0 radical (unpaired) electrons. The van der Waals surface area contributed by atoms with Crippen molar-refractivity contribution < 1.29 is 9.47 Å². The highest BCUT2D eigenvalue weighted by Crippen LogP contribution is 2.32. The summed E-state index contributed by atoms with van der Waals surface area (Å²) in [6.07, 6.45) is 3.97. The molecular weight excluding hydrogens is 292 g/mol. The second kappa shape index (κ2) is 7.19. The van der Waals surface area contributed by atoms with Crippen LogP contribution in [0.3, 0.4) is 0 Å². The molecule has 6 heteroatoms. The average Bonchev–Trinajstić information content (AvgIpc) is 2.96. The molecule has 0 spiro atoms. The summed E-state index contributed by atoms with van der Waals surface area (Å²) in [4.78, 5) is 7.19. The van der Waals surface area contributed by atoms with Gasteiger partial charge in [0.15, 0.2) is 11.5 Å². The van der Waals surface area contributed by atoms with E-state index < -0.39 is 0 Å². The fourth-order valence-electron chi connectivity index (χ4n) is 3.33. The van der Waals surface area contributed by atoms with Crippen LogP contribution in [0.2, 0.25) is 0 Å². The Bertz CT molecular complexity index is 662. The number of rotatable bonds is 6. The largest absolute Gasteiger partial charge is 0.493 e. The Morgan fingerprint density at radius 1 is 1.04 bits per heavy atom.